The number of carbonyl (C=O) groups excluding carboxylic acids is 1. The number of rotatable bonds is 3. The van der Waals surface area contributed by atoms with E-state index < -0.39 is 22.8 Å². The Morgan fingerprint density at radius 2 is 2.11 bits per heavy atom. The number of nitro groups is 1. The van der Waals surface area contributed by atoms with E-state index in [0.29, 0.717) is 11.3 Å². The lowest BCUT2D eigenvalue weighted by molar-refractivity contribution is -0.385. The zero-order chi connectivity index (χ0) is 19.7. The van der Waals surface area contributed by atoms with Crippen LogP contribution in [0.15, 0.2) is 24.4 Å². The highest BCUT2D eigenvalue weighted by Crippen LogP contribution is 2.33. The lowest BCUT2D eigenvalue weighted by atomic mass is 10.1. The number of aryl methyl sites for hydroxylation is 1. The van der Waals surface area contributed by atoms with Crippen molar-refractivity contribution >= 4 is 34.8 Å². The van der Waals surface area contributed by atoms with Crippen molar-refractivity contribution in [3.63, 3.8) is 0 Å². The predicted molar refractivity (Wildman–Crippen MR) is 96.6 cm³/mol. The lowest BCUT2D eigenvalue weighted by Crippen LogP contribution is -2.42. The average molecular weight is 414 g/mol. The number of carbonyl (C=O) groups is 1. The number of amides is 1. The molecule has 1 amide bonds. The van der Waals surface area contributed by atoms with Crippen molar-refractivity contribution in [2.24, 2.45) is 0 Å². The third-order valence-corrected chi connectivity index (χ3v) is 4.87. The van der Waals surface area contributed by atoms with Gasteiger partial charge in [0.15, 0.2) is 0 Å². The van der Waals surface area contributed by atoms with Crippen molar-refractivity contribution in [2.45, 2.75) is 13.0 Å². The molecule has 1 aromatic carbocycles. The molecule has 0 radical (unpaired) electrons. The van der Waals surface area contributed by atoms with Gasteiger partial charge < -0.3 is 9.64 Å². The van der Waals surface area contributed by atoms with Gasteiger partial charge in [-0.1, -0.05) is 23.2 Å². The van der Waals surface area contributed by atoms with Crippen LogP contribution in [0.2, 0.25) is 10.0 Å². The zero-order valence-electron chi connectivity index (χ0n) is 14.1. The van der Waals surface area contributed by atoms with E-state index in [1.165, 1.54) is 23.1 Å². The third-order valence-electron chi connectivity index (χ3n) is 4.25. The lowest BCUT2D eigenvalue weighted by Gasteiger charge is -2.33. The molecule has 0 spiro atoms. The van der Waals surface area contributed by atoms with Crippen LogP contribution in [0.1, 0.15) is 27.7 Å². The van der Waals surface area contributed by atoms with Gasteiger partial charge in [-0.2, -0.15) is 0 Å². The fourth-order valence-electron chi connectivity index (χ4n) is 2.82. The van der Waals surface area contributed by atoms with Gasteiger partial charge in [0, 0.05) is 23.2 Å². The summed E-state index contributed by atoms with van der Waals surface area (Å²) in [5.74, 6) is -1.05. The summed E-state index contributed by atoms with van der Waals surface area (Å²) >= 11 is 11.9. The minimum Gasteiger partial charge on any atom is -0.370 e. The first kappa shape index (κ1) is 19.5. The Bertz CT molecular complexity index is 925. The Hall–Kier alpha value is -2.29. The van der Waals surface area contributed by atoms with Crippen molar-refractivity contribution in [3.8, 4) is 0 Å². The Morgan fingerprint density at radius 1 is 1.37 bits per heavy atom. The SMILES string of the molecule is Cc1ncc([N+](=O)[O-])cc1C(=O)N1CCOC(c2cc(F)c(Cl)cc2Cl)C1. The van der Waals surface area contributed by atoms with Gasteiger partial charge in [0.2, 0.25) is 0 Å². The summed E-state index contributed by atoms with van der Waals surface area (Å²) in [5.41, 5.74) is 0.629. The number of nitrogens with zero attached hydrogens (tertiary/aromatic N) is 3. The number of aromatic nitrogens is 1. The maximum absolute atomic E-state index is 13.8. The molecule has 1 aliphatic rings. The second-order valence-electron chi connectivity index (χ2n) is 5.98. The van der Waals surface area contributed by atoms with E-state index in [2.05, 4.69) is 4.98 Å². The van der Waals surface area contributed by atoms with Crippen LogP contribution in [0.3, 0.4) is 0 Å². The highest BCUT2D eigenvalue weighted by Gasteiger charge is 2.29. The summed E-state index contributed by atoms with van der Waals surface area (Å²) in [6.07, 6.45) is 0.457. The maximum Gasteiger partial charge on any atom is 0.288 e. The minimum absolute atomic E-state index is 0.106. The summed E-state index contributed by atoms with van der Waals surface area (Å²) in [6, 6.07) is 3.67. The Morgan fingerprint density at radius 3 is 2.81 bits per heavy atom. The highest BCUT2D eigenvalue weighted by atomic mass is 35.5. The molecule has 27 heavy (non-hydrogen) atoms. The van der Waals surface area contributed by atoms with Crippen molar-refractivity contribution in [1.82, 2.24) is 9.88 Å². The number of morpholine rings is 1. The molecule has 1 aliphatic heterocycles. The monoisotopic (exact) mass is 413 g/mol. The van der Waals surface area contributed by atoms with Crippen LogP contribution in [0.5, 0.6) is 0 Å². The van der Waals surface area contributed by atoms with Gasteiger partial charge in [-0.3, -0.25) is 19.9 Å². The van der Waals surface area contributed by atoms with Gasteiger partial charge in [0.25, 0.3) is 11.6 Å². The second-order valence-corrected chi connectivity index (χ2v) is 6.80. The quantitative estimate of drug-likeness (QED) is 0.431. The first-order valence-electron chi connectivity index (χ1n) is 7.94. The van der Waals surface area contributed by atoms with Gasteiger partial charge in [-0.05, 0) is 19.1 Å². The molecule has 2 heterocycles. The first-order chi connectivity index (χ1) is 12.8. The van der Waals surface area contributed by atoms with Crippen LogP contribution in [0.25, 0.3) is 0 Å². The molecule has 7 nitrogen and oxygen atoms in total. The van der Waals surface area contributed by atoms with Crippen molar-refractivity contribution < 1.29 is 18.8 Å². The van der Waals surface area contributed by atoms with Crippen LogP contribution >= 0.6 is 23.2 Å². The normalized spacial score (nSPS) is 17.0. The third kappa shape index (κ3) is 4.02. The summed E-state index contributed by atoms with van der Waals surface area (Å²) in [5, 5.41) is 11.1. The molecule has 10 heteroatoms. The molecule has 0 aliphatic carbocycles. The van der Waals surface area contributed by atoms with Crippen LogP contribution in [0, 0.1) is 22.9 Å². The van der Waals surface area contributed by atoms with E-state index in [1.54, 1.807) is 6.92 Å². The highest BCUT2D eigenvalue weighted by molar-refractivity contribution is 6.35. The number of hydrogen-bond donors (Lipinski definition) is 0. The largest absolute Gasteiger partial charge is 0.370 e. The summed E-state index contributed by atoms with van der Waals surface area (Å²) < 4.78 is 19.4. The number of benzene rings is 1. The Labute approximate surface area is 163 Å². The molecule has 0 bridgehead atoms. The number of halogens is 3. The summed E-state index contributed by atoms with van der Waals surface area (Å²) in [7, 11) is 0. The fourth-order valence-corrected chi connectivity index (χ4v) is 3.32. The van der Waals surface area contributed by atoms with Crippen molar-refractivity contribution in [1.29, 1.82) is 0 Å². The van der Waals surface area contributed by atoms with Crippen LogP contribution in [-0.4, -0.2) is 40.4 Å². The van der Waals surface area contributed by atoms with Crippen molar-refractivity contribution in [3.05, 3.63) is 67.2 Å². The zero-order valence-corrected chi connectivity index (χ0v) is 15.6. The van der Waals surface area contributed by atoms with E-state index in [1.807, 2.05) is 0 Å². The van der Waals surface area contributed by atoms with Crippen LogP contribution in [-0.2, 0) is 4.74 Å². The maximum atomic E-state index is 13.8. The standard InChI is InChI=1S/C17H14Cl2FN3O4/c1-9-11(4-10(7-21-9)23(25)26)17(24)22-2-3-27-16(8-22)12-5-15(20)14(19)6-13(12)18/h4-7,16H,2-3,8H2,1H3. The smallest absolute Gasteiger partial charge is 0.288 e. The molecule has 3 rings (SSSR count). The first-order valence-corrected chi connectivity index (χ1v) is 8.70. The molecular formula is C17H14Cl2FN3O4. The topological polar surface area (TPSA) is 85.6 Å². The van der Waals surface area contributed by atoms with E-state index in [0.717, 1.165) is 6.20 Å². The Balaban J connectivity index is 1.87. The molecule has 1 saturated heterocycles. The second kappa shape index (κ2) is 7.75. The molecule has 2 aromatic rings. The molecule has 1 unspecified atom stereocenters. The van der Waals surface area contributed by atoms with Crippen LogP contribution in [0.4, 0.5) is 10.1 Å². The summed E-state index contributed by atoms with van der Waals surface area (Å²) in [4.78, 5) is 28.6. The van der Waals surface area contributed by atoms with Gasteiger partial charge in [0.05, 0.1) is 34.4 Å². The van der Waals surface area contributed by atoms with Gasteiger partial charge in [0.1, 0.15) is 18.1 Å². The molecule has 142 valence electrons. The molecule has 1 fully saturated rings. The molecule has 0 saturated carbocycles. The average Bonchev–Trinajstić information content (AvgIpc) is 2.64. The fraction of sp³-hybridized carbons (Fsp3) is 0.294. The van der Waals surface area contributed by atoms with Crippen LogP contribution < -0.4 is 0 Å². The number of ether oxygens (including phenoxy) is 1. The molecule has 0 N–H and O–H groups in total. The summed E-state index contributed by atoms with van der Waals surface area (Å²) in [6.45, 7) is 2.20. The minimum atomic E-state index is -0.645. The number of pyridine rings is 1. The van der Waals surface area contributed by atoms with Gasteiger partial charge in [-0.25, -0.2) is 4.39 Å². The Kier molecular flexibility index (Phi) is 5.59. The predicted octanol–water partition coefficient (Wildman–Crippen LogP) is 3.96. The number of hydrogen-bond acceptors (Lipinski definition) is 5. The van der Waals surface area contributed by atoms with E-state index in [9.17, 15) is 19.3 Å². The van der Waals surface area contributed by atoms with E-state index >= 15 is 0 Å². The van der Waals surface area contributed by atoms with Gasteiger partial charge >= 0.3 is 0 Å². The van der Waals surface area contributed by atoms with E-state index in [-0.39, 0.29) is 41.0 Å². The molecule has 1 atom stereocenters. The molecule has 1 aromatic heterocycles. The molecular weight excluding hydrogens is 400 g/mol. The van der Waals surface area contributed by atoms with Crippen molar-refractivity contribution in [2.75, 3.05) is 19.7 Å². The van der Waals surface area contributed by atoms with Gasteiger partial charge in [-0.15, -0.1) is 0 Å². The van der Waals surface area contributed by atoms with E-state index in [4.69, 9.17) is 27.9 Å².